The first kappa shape index (κ1) is 18.5. The summed E-state index contributed by atoms with van der Waals surface area (Å²) in [6, 6.07) is 4.23. The lowest BCUT2D eigenvalue weighted by Gasteiger charge is -2.11. The number of imidazole rings is 2. The van der Waals surface area contributed by atoms with Crippen molar-refractivity contribution in [3.63, 3.8) is 0 Å². The Morgan fingerprint density at radius 2 is 2.03 bits per heavy atom. The zero-order valence-electron chi connectivity index (χ0n) is 16.5. The zero-order valence-corrected chi connectivity index (χ0v) is 18.1. The molecular formula is C21H23BrN6O. The van der Waals surface area contributed by atoms with E-state index in [-0.39, 0.29) is 5.69 Å². The lowest BCUT2D eigenvalue weighted by atomic mass is 10.1. The Labute approximate surface area is 176 Å². The molecule has 5 rings (SSSR count). The minimum atomic E-state index is 0.0205. The molecule has 0 unspecified atom stereocenters. The molecule has 4 aromatic rings. The van der Waals surface area contributed by atoms with E-state index in [4.69, 9.17) is 4.98 Å². The summed E-state index contributed by atoms with van der Waals surface area (Å²) < 4.78 is 6.79. The monoisotopic (exact) mass is 454 g/mol. The average Bonchev–Trinajstić information content (AvgIpc) is 3.41. The Bertz CT molecular complexity index is 1260. The molecule has 0 spiro atoms. The Hall–Kier alpha value is -2.48. The quantitative estimate of drug-likeness (QED) is 0.438. The van der Waals surface area contributed by atoms with Crippen LogP contribution < -0.4 is 5.69 Å². The summed E-state index contributed by atoms with van der Waals surface area (Å²) in [5, 5.41) is 0. The van der Waals surface area contributed by atoms with Crippen LogP contribution in [0, 0.1) is 5.92 Å². The van der Waals surface area contributed by atoms with Crippen molar-refractivity contribution in [2.75, 3.05) is 0 Å². The van der Waals surface area contributed by atoms with Crippen molar-refractivity contribution < 1.29 is 0 Å². The second-order valence-electron chi connectivity index (χ2n) is 8.19. The van der Waals surface area contributed by atoms with Crippen LogP contribution in [0.5, 0.6) is 0 Å². The number of rotatable bonds is 6. The molecule has 7 nitrogen and oxygen atoms in total. The van der Waals surface area contributed by atoms with Gasteiger partial charge in [-0.1, -0.05) is 13.8 Å². The summed E-state index contributed by atoms with van der Waals surface area (Å²) in [5.74, 6) is 1.42. The molecule has 29 heavy (non-hydrogen) atoms. The van der Waals surface area contributed by atoms with Gasteiger partial charge in [-0.2, -0.15) is 0 Å². The number of fused-ring (bicyclic) bond motifs is 2. The summed E-state index contributed by atoms with van der Waals surface area (Å²) in [5.41, 5.74) is 3.54. The Morgan fingerprint density at radius 3 is 2.79 bits per heavy atom. The maximum Gasteiger partial charge on any atom is 0.329 e. The molecule has 150 valence electrons. The molecule has 1 fully saturated rings. The van der Waals surface area contributed by atoms with Crippen LogP contribution >= 0.6 is 15.9 Å². The molecule has 0 saturated heterocycles. The van der Waals surface area contributed by atoms with Crippen molar-refractivity contribution in [1.29, 1.82) is 0 Å². The molecule has 0 bridgehead atoms. The number of hydrogen-bond acceptors (Lipinski definition) is 4. The molecule has 8 heteroatoms. The Balaban J connectivity index is 1.65. The number of pyridine rings is 2. The molecule has 0 N–H and O–H groups in total. The van der Waals surface area contributed by atoms with Gasteiger partial charge in [-0.25, -0.2) is 14.8 Å². The lowest BCUT2D eigenvalue weighted by Crippen LogP contribution is -2.25. The normalized spacial score (nSPS) is 14.5. The molecule has 0 aliphatic heterocycles. The van der Waals surface area contributed by atoms with Crippen LogP contribution in [0.3, 0.4) is 0 Å². The maximum atomic E-state index is 13.3. The highest BCUT2D eigenvalue weighted by atomic mass is 79.9. The molecule has 1 aliphatic carbocycles. The first-order valence-electron chi connectivity index (χ1n) is 10.1. The molecule has 4 heterocycles. The Kier molecular flexibility index (Phi) is 4.53. The van der Waals surface area contributed by atoms with Gasteiger partial charge in [0.1, 0.15) is 11.3 Å². The average molecular weight is 455 g/mol. The van der Waals surface area contributed by atoms with E-state index in [1.807, 2.05) is 21.3 Å². The predicted octanol–water partition coefficient (Wildman–Crippen LogP) is 4.13. The standard InChI is InChI=1S/C21H23BrN6O/c1-13(2)6-8-26-19(25-16-9-14(22)10-24-20(16)26)12-27-18-11-23-7-5-17(18)28(21(27)29)15-3-4-15/h5,7,9-11,13,15H,3-4,6,8,12H2,1-2H3. The number of nitrogens with zero attached hydrogens (tertiary/aromatic N) is 6. The summed E-state index contributed by atoms with van der Waals surface area (Å²) in [4.78, 5) is 27.0. The number of halogens is 1. The van der Waals surface area contributed by atoms with Gasteiger partial charge >= 0.3 is 5.69 Å². The topological polar surface area (TPSA) is 70.5 Å². The Morgan fingerprint density at radius 1 is 1.21 bits per heavy atom. The lowest BCUT2D eigenvalue weighted by molar-refractivity contribution is 0.505. The third-order valence-electron chi connectivity index (χ3n) is 5.54. The third kappa shape index (κ3) is 3.29. The van der Waals surface area contributed by atoms with E-state index >= 15 is 0 Å². The minimum Gasteiger partial charge on any atom is -0.311 e. The molecule has 1 aliphatic rings. The van der Waals surface area contributed by atoms with Gasteiger partial charge in [-0.15, -0.1) is 0 Å². The molecule has 0 aromatic carbocycles. The van der Waals surface area contributed by atoms with Gasteiger partial charge in [0.25, 0.3) is 0 Å². The second-order valence-corrected chi connectivity index (χ2v) is 9.11. The number of aromatic nitrogens is 6. The van der Waals surface area contributed by atoms with Crippen molar-refractivity contribution in [1.82, 2.24) is 28.7 Å². The first-order chi connectivity index (χ1) is 14.0. The van der Waals surface area contributed by atoms with Crippen LogP contribution in [-0.4, -0.2) is 28.7 Å². The highest BCUT2D eigenvalue weighted by Gasteiger charge is 2.29. The van der Waals surface area contributed by atoms with E-state index in [2.05, 4.69) is 44.3 Å². The van der Waals surface area contributed by atoms with Crippen LogP contribution in [0.25, 0.3) is 22.2 Å². The fourth-order valence-electron chi connectivity index (χ4n) is 3.88. The van der Waals surface area contributed by atoms with E-state index < -0.39 is 0 Å². The first-order valence-corrected chi connectivity index (χ1v) is 10.9. The number of aryl methyl sites for hydroxylation is 1. The molecule has 0 atom stereocenters. The van der Waals surface area contributed by atoms with E-state index in [1.165, 1.54) is 0 Å². The van der Waals surface area contributed by atoms with E-state index in [9.17, 15) is 4.79 Å². The van der Waals surface area contributed by atoms with E-state index in [0.29, 0.717) is 18.5 Å². The van der Waals surface area contributed by atoms with Gasteiger partial charge in [0.15, 0.2) is 5.65 Å². The third-order valence-corrected chi connectivity index (χ3v) is 5.97. The van der Waals surface area contributed by atoms with Gasteiger partial charge in [0.2, 0.25) is 0 Å². The van der Waals surface area contributed by atoms with Crippen LogP contribution in [0.1, 0.15) is 45.0 Å². The highest BCUT2D eigenvalue weighted by Crippen LogP contribution is 2.36. The van der Waals surface area contributed by atoms with Gasteiger partial charge in [-0.3, -0.25) is 14.1 Å². The van der Waals surface area contributed by atoms with Crippen LogP contribution in [0.15, 0.2) is 40.0 Å². The van der Waals surface area contributed by atoms with Gasteiger partial charge in [0, 0.05) is 29.5 Å². The molecule has 0 radical (unpaired) electrons. The number of hydrogen-bond donors (Lipinski definition) is 0. The predicted molar refractivity (Wildman–Crippen MR) is 116 cm³/mol. The largest absolute Gasteiger partial charge is 0.329 e. The SMILES string of the molecule is CC(C)CCn1c(Cn2c(=O)n(C3CC3)c3ccncc32)nc2cc(Br)cnc21. The van der Waals surface area contributed by atoms with Crippen molar-refractivity contribution in [3.05, 3.63) is 51.5 Å². The van der Waals surface area contributed by atoms with Crippen molar-refractivity contribution in [3.8, 4) is 0 Å². The van der Waals surface area contributed by atoms with Crippen molar-refractivity contribution in [2.24, 2.45) is 5.92 Å². The molecule has 4 aromatic heterocycles. The maximum absolute atomic E-state index is 13.3. The van der Waals surface area contributed by atoms with E-state index in [1.54, 1.807) is 18.6 Å². The van der Waals surface area contributed by atoms with Crippen molar-refractivity contribution in [2.45, 2.75) is 52.2 Å². The van der Waals surface area contributed by atoms with Gasteiger partial charge in [0.05, 0.1) is 23.8 Å². The van der Waals surface area contributed by atoms with Crippen LogP contribution in [-0.2, 0) is 13.1 Å². The van der Waals surface area contributed by atoms with Gasteiger partial charge in [-0.05, 0) is 53.2 Å². The summed E-state index contributed by atoms with van der Waals surface area (Å²) in [6.07, 6.45) is 8.49. The van der Waals surface area contributed by atoms with Crippen LogP contribution in [0.4, 0.5) is 0 Å². The summed E-state index contributed by atoms with van der Waals surface area (Å²) in [7, 11) is 0. The fraction of sp³-hybridized carbons (Fsp3) is 0.429. The summed E-state index contributed by atoms with van der Waals surface area (Å²) in [6.45, 7) is 5.66. The molecule has 1 saturated carbocycles. The second kappa shape index (κ2) is 7.09. The highest BCUT2D eigenvalue weighted by molar-refractivity contribution is 9.10. The zero-order chi connectivity index (χ0) is 20.1. The summed E-state index contributed by atoms with van der Waals surface area (Å²) >= 11 is 3.49. The van der Waals surface area contributed by atoms with E-state index in [0.717, 1.165) is 58.3 Å². The molecular weight excluding hydrogens is 432 g/mol. The van der Waals surface area contributed by atoms with Crippen molar-refractivity contribution >= 4 is 38.1 Å². The molecule has 0 amide bonds. The fourth-order valence-corrected chi connectivity index (χ4v) is 4.20. The van der Waals surface area contributed by atoms with Gasteiger partial charge < -0.3 is 4.57 Å². The smallest absolute Gasteiger partial charge is 0.311 e. The van der Waals surface area contributed by atoms with Crippen LogP contribution in [0.2, 0.25) is 0 Å². The minimum absolute atomic E-state index is 0.0205.